The number of hydrogen-bond donors (Lipinski definition) is 1. The first kappa shape index (κ1) is 11.2. The van der Waals surface area contributed by atoms with E-state index in [4.69, 9.17) is 5.73 Å². The van der Waals surface area contributed by atoms with Crippen molar-refractivity contribution in [3.05, 3.63) is 35.4 Å². The molecule has 1 unspecified atom stereocenters. The molecule has 0 aliphatic carbocycles. The molecule has 0 aromatic heterocycles. The maximum absolute atomic E-state index is 5.94. The summed E-state index contributed by atoms with van der Waals surface area (Å²) in [5.74, 6) is 0. The number of rotatable bonds is 4. The van der Waals surface area contributed by atoms with E-state index < -0.39 is 0 Å². The molecule has 0 saturated heterocycles. The molecular formula is C12H20N2. The molecular weight excluding hydrogens is 172 g/mol. The first-order valence-electron chi connectivity index (χ1n) is 5.12. The van der Waals surface area contributed by atoms with Gasteiger partial charge in [0, 0.05) is 12.6 Å². The zero-order valence-electron chi connectivity index (χ0n) is 9.33. The van der Waals surface area contributed by atoms with Crippen LogP contribution in [0, 0.1) is 0 Å². The fourth-order valence-corrected chi connectivity index (χ4v) is 1.47. The first-order valence-corrected chi connectivity index (χ1v) is 5.12. The molecule has 1 aromatic rings. The Labute approximate surface area is 86.7 Å². The minimum atomic E-state index is 0.184. The molecule has 0 heterocycles. The lowest BCUT2D eigenvalue weighted by atomic mass is 10.0. The van der Waals surface area contributed by atoms with Crippen LogP contribution in [0.5, 0.6) is 0 Å². The van der Waals surface area contributed by atoms with Crippen LogP contribution < -0.4 is 5.73 Å². The molecule has 0 aliphatic heterocycles. The lowest BCUT2D eigenvalue weighted by Crippen LogP contribution is -2.11. The second kappa shape index (κ2) is 5.13. The summed E-state index contributed by atoms with van der Waals surface area (Å²) in [6, 6.07) is 8.76. The van der Waals surface area contributed by atoms with E-state index in [1.54, 1.807) is 0 Å². The highest BCUT2D eigenvalue weighted by molar-refractivity contribution is 5.24. The second-order valence-electron chi connectivity index (χ2n) is 3.99. The molecule has 14 heavy (non-hydrogen) atoms. The molecule has 0 amide bonds. The molecule has 2 nitrogen and oxygen atoms in total. The van der Waals surface area contributed by atoms with Gasteiger partial charge in [-0.2, -0.15) is 0 Å². The lowest BCUT2D eigenvalue weighted by molar-refractivity contribution is 0.402. The summed E-state index contributed by atoms with van der Waals surface area (Å²) >= 11 is 0. The summed E-state index contributed by atoms with van der Waals surface area (Å²) in [6.07, 6.45) is 0.993. The molecule has 1 aromatic carbocycles. The normalized spacial score (nSPS) is 13.2. The van der Waals surface area contributed by atoms with Gasteiger partial charge in [0.15, 0.2) is 0 Å². The summed E-state index contributed by atoms with van der Waals surface area (Å²) in [4.78, 5) is 2.16. The number of benzene rings is 1. The first-order chi connectivity index (χ1) is 6.63. The minimum Gasteiger partial charge on any atom is -0.324 e. The Morgan fingerprint density at radius 1 is 1.21 bits per heavy atom. The maximum atomic E-state index is 5.94. The Morgan fingerprint density at radius 3 is 2.21 bits per heavy atom. The van der Waals surface area contributed by atoms with Crippen LogP contribution in [0.15, 0.2) is 24.3 Å². The standard InChI is InChI=1S/C12H20N2/c1-4-12(13)11-7-5-10(6-8-11)9-14(2)3/h5-8,12H,4,9,13H2,1-3H3. The Morgan fingerprint density at radius 2 is 1.79 bits per heavy atom. The monoisotopic (exact) mass is 192 g/mol. The number of hydrogen-bond acceptors (Lipinski definition) is 2. The van der Waals surface area contributed by atoms with Crippen molar-refractivity contribution in [3.8, 4) is 0 Å². The van der Waals surface area contributed by atoms with Crippen molar-refractivity contribution >= 4 is 0 Å². The van der Waals surface area contributed by atoms with E-state index in [-0.39, 0.29) is 6.04 Å². The van der Waals surface area contributed by atoms with Gasteiger partial charge in [0.25, 0.3) is 0 Å². The van der Waals surface area contributed by atoms with E-state index in [2.05, 4.69) is 50.2 Å². The van der Waals surface area contributed by atoms with Gasteiger partial charge in [-0.05, 0) is 31.6 Å². The summed E-state index contributed by atoms with van der Waals surface area (Å²) in [5, 5.41) is 0. The molecule has 0 saturated carbocycles. The third-order valence-electron chi connectivity index (χ3n) is 2.35. The van der Waals surface area contributed by atoms with Crippen LogP contribution in [-0.4, -0.2) is 19.0 Å². The predicted molar refractivity (Wildman–Crippen MR) is 61.1 cm³/mol. The lowest BCUT2D eigenvalue weighted by Gasteiger charge is -2.12. The number of nitrogens with two attached hydrogens (primary N) is 1. The van der Waals surface area contributed by atoms with E-state index in [1.807, 2.05) is 0 Å². The van der Waals surface area contributed by atoms with Gasteiger partial charge in [-0.1, -0.05) is 31.2 Å². The topological polar surface area (TPSA) is 29.3 Å². The van der Waals surface area contributed by atoms with E-state index in [0.717, 1.165) is 13.0 Å². The van der Waals surface area contributed by atoms with Gasteiger partial charge in [-0.15, -0.1) is 0 Å². The largest absolute Gasteiger partial charge is 0.324 e. The van der Waals surface area contributed by atoms with Gasteiger partial charge in [0.2, 0.25) is 0 Å². The van der Waals surface area contributed by atoms with Crippen molar-refractivity contribution in [2.45, 2.75) is 25.9 Å². The van der Waals surface area contributed by atoms with Crippen LogP contribution in [0.4, 0.5) is 0 Å². The van der Waals surface area contributed by atoms with E-state index in [1.165, 1.54) is 11.1 Å². The van der Waals surface area contributed by atoms with Gasteiger partial charge in [-0.3, -0.25) is 0 Å². The quantitative estimate of drug-likeness (QED) is 0.792. The Bertz CT molecular complexity index is 264. The molecule has 0 radical (unpaired) electrons. The van der Waals surface area contributed by atoms with Gasteiger partial charge in [0.1, 0.15) is 0 Å². The fraction of sp³-hybridized carbons (Fsp3) is 0.500. The van der Waals surface area contributed by atoms with Crippen molar-refractivity contribution < 1.29 is 0 Å². The van der Waals surface area contributed by atoms with E-state index in [0.29, 0.717) is 0 Å². The average molecular weight is 192 g/mol. The van der Waals surface area contributed by atoms with Crippen LogP contribution in [0.2, 0.25) is 0 Å². The molecule has 0 aliphatic rings. The SMILES string of the molecule is CCC(N)c1ccc(CN(C)C)cc1. The third kappa shape index (κ3) is 3.13. The van der Waals surface area contributed by atoms with Crippen LogP contribution >= 0.6 is 0 Å². The van der Waals surface area contributed by atoms with E-state index in [9.17, 15) is 0 Å². The highest BCUT2D eigenvalue weighted by Gasteiger charge is 2.02. The van der Waals surface area contributed by atoms with Gasteiger partial charge < -0.3 is 10.6 Å². The van der Waals surface area contributed by atoms with Crippen molar-refractivity contribution in [1.82, 2.24) is 4.90 Å². The smallest absolute Gasteiger partial charge is 0.0292 e. The average Bonchev–Trinajstić information content (AvgIpc) is 2.17. The predicted octanol–water partition coefficient (Wildman–Crippen LogP) is 2.16. The van der Waals surface area contributed by atoms with Crippen molar-refractivity contribution in [2.24, 2.45) is 5.73 Å². The zero-order valence-corrected chi connectivity index (χ0v) is 9.33. The minimum absolute atomic E-state index is 0.184. The van der Waals surface area contributed by atoms with Gasteiger partial charge in [-0.25, -0.2) is 0 Å². The molecule has 0 spiro atoms. The van der Waals surface area contributed by atoms with Crippen molar-refractivity contribution in [1.29, 1.82) is 0 Å². The second-order valence-corrected chi connectivity index (χ2v) is 3.99. The summed E-state index contributed by atoms with van der Waals surface area (Å²) in [6.45, 7) is 3.10. The summed E-state index contributed by atoms with van der Waals surface area (Å²) < 4.78 is 0. The van der Waals surface area contributed by atoms with Gasteiger partial charge in [0.05, 0.1) is 0 Å². The summed E-state index contributed by atoms with van der Waals surface area (Å²) in [7, 11) is 4.15. The fourth-order valence-electron chi connectivity index (χ4n) is 1.47. The van der Waals surface area contributed by atoms with Gasteiger partial charge >= 0.3 is 0 Å². The maximum Gasteiger partial charge on any atom is 0.0292 e. The Balaban J connectivity index is 2.68. The van der Waals surface area contributed by atoms with Crippen LogP contribution in [0.25, 0.3) is 0 Å². The van der Waals surface area contributed by atoms with Crippen molar-refractivity contribution in [2.75, 3.05) is 14.1 Å². The molecule has 2 N–H and O–H groups in total. The summed E-state index contributed by atoms with van der Waals surface area (Å²) in [5.41, 5.74) is 8.50. The van der Waals surface area contributed by atoms with Crippen molar-refractivity contribution in [3.63, 3.8) is 0 Å². The van der Waals surface area contributed by atoms with Crippen LogP contribution in [0.3, 0.4) is 0 Å². The van der Waals surface area contributed by atoms with Crippen LogP contribution in [0.1, 0.15) is 30.5 Å². The van der Waals surface area contributed by atoms with E-state index >= 15 is 0 Å². The van der Waals surface area contributed by atoms with Crippen LogP contribution in [-0.2, 0) is 6.54 Å². The molecule has 2 heteroatoms. The molecule has 1 atom stereocenters. The highest BCUT2D eigenvalue weighted by Crippen LogP contribution is 2.14. The highest BCUT2D eigenvalue weighted by atomic mass is 15.0. The molecule has 0 bridgehead atoms. The zero-order chi connectivity index (χ0) is 10.6. The Hall–Kier alpha value is -0.860. The molecule has 78 valence electrons. The molecule has 0 fully saturated rings. The Kier molecular flexibility index (Phi) is 4.11. The third-order valence-corrected chi connectivity index (χ3v) is 2.35. The number of nitrogens with zero attached hydrogens (tertiary/aromatic N) is 1. The molecule has 1 rings (SSSR count).